The summed E-state index contributed by atoms with van der Waals surface area (Å²) in [5.41, 5.74) is 3.72. The monoisotopic (exact) mass is 300 g/mol. The molecule has 116 valence electrons. The minimum atomic E-state index is -1.00. The van der Waals surface area contributed by atoms with Crippen LogP contribution in [0.1, 0.15) is 28.4 Å². The van der Waals surface area contributed by atoms with Crippen molar-refractivity contribution in [3.8, 4) is 5.75 Å². The minimum absolute atomic E-state index is 0.383. The summed E-state index contributed by atoms with van der Waals surface area (Å²) in [7, 11) is 1.39. The first kappa shape index (κ1) is 16.0. The van der Waals surface area contributed by atoms with Gasteiger partial charge in [-0.05, 0) is 48.2 Å². The molecule has 0 aliphatic rings. The van der Waals surface area contributed by atoms with Crippen LogP contribution in [0.3, 0.4) is 0 Å². The van der Waals surface area contributed by atoms with Crippen LogP contribution in [-0.2, 0) is 16.1 Å². The third-order valence-electron chi connectivity index (χ3n) is 3.45. The van der Waals surface area contributed by atoms with Crippen molar-refractivity contribution in [1.82, 2.24) is 0 Å². The first-order valence-corrected chi connectivity index (χ1v) is 7.05. The Kier molecular flexibility index (Phi) is 5.17. The summed E-state index contributed by atoms with van der Waals surface area (Å²) in [5.74, 6) is -0.165. The number of hydrogen-bond acceptors (Lipinski definition) is 3. The first-order chi connectivity index (χ1) is 10.5. The molecule has 4 heteroatoms. The van der Waals surface area contributed by atoms with Crippen LogP contribution < -0.4 is 4.74 Å². The molecule has 0 aromatic heterocycles. The van der Waals surface area contributed by atoms with Crippen molar-refractivity contribution in [1.29, 1.82) is 0 Å². The van der Waals surface area contributed by atoms with Gasteiger partial charge in [-0.2, -0.15) is 0 Å². The Bertz CT molecular complexity index is 664. The van der Waals surface area contributed by atoms with Crippen molar-refractivity contribution < 1.29 is 19.4 Å². The lowest BCUT2D eigenvalue weighted by Gasteiger charge is -2.13. The quantitative estimate of drug-likeness (QED) is 0.884. The largest absolute Gasteiger partial charge is 0.489 e. The smallest absolute Gasteiger partial charge is 0.337 e. The summed E-state index contributed by atoms with van der Waals surface area (Å²) >= 11 is 0. The van der Waals surface area contributed by atoms with E-state index in [1.807, 2.05) is 44.2 Å². The van der Waals surface area contributed by atoms with E-state index in [2.05, 4.69) is 0 Å². The Morgan fingerprint density at radius 2 is 1.95 bits per heavy atom. The number of carboxylic acid groups (broad SMARTS) is 1. The normalized spacial score (nSPS) is 12.0. The van der Waals surface area contributed by atoms with Gasteiger partial charge in [0.25, 0.3) is 0 Å². The van der Waals surface area contributed by atoms with Crippen LogP contribution in [0.15, 0.2) is 42.5 Å². The van der Waals surface area contributed by atoms with E-state index in [-0.39, 0.29) is 0 Å². The van der Waals surface area contributed by atoms with Crippen LogP contribution in [0.4, 0.5) is 0 Å². The van der Waals surface area contributed by atoms with E-state index in [0.29, 0.717) is 12.2 Å². The van der Waals surface area contributed by atoms with E-state index in [9.17, 15) is 4.79 Å². The van der Waals surface area contributed by atoms with Crippen molar-refractivity contribution in [2.24, 2.45) is 0 Å². The summed E-state index contributed by atoms with van der Waals surface area (Å²) < 4.78 is 10.9. The van der Waals surface area contributed by atoms with Gasteiger partial charge in [0.05, 0.1) is 0 Å². The zero-order valence-electron chi connectivity index (χ0n) is 13.0. The number of carboxylic acids is 1. The zero-order chi connectivity index (χ0) is 16.1. The number of ether oxygens (including phenoxy) is 2. The second-order valence-electron chi connectivity index (χ2n) is 5.26. The molecule has 1 N–H and O–H groups in total. The van der Waals surface area contributed by atoms with E-state index < -0.39 is 12.1 Å². The predicted molar refractivity (Wildman–Crippen MR) is 84.1 cm³/mol. The zero-order valence-corrected chi connectivity index (χ0v) is 13.0. The summed E-state index contributed by atoms with van der Waals surface area (Å²) in [6.45, 7) is 4.40. The van der Waals surface area contributed by atoms with Gasteiger partial charge in [-0.1, -0.05) is 30.3 Å². The van der Waals surface area contributed by atoms with E-state index >= 15 is 0 Å². The fraction of sp³-hybridized carbons (Fsp3) is 0.278. The van der Waals surface area contributed by atoms with Gasteiger partial charge in [0, 0.05) is 7.11 Å². The second kappa shape index (κ2) is 7.09. The second-order valence-corrected chi connectivity index (χ2v) is 5.26. The van der Waals surface area contributed by atoms with Gasteiger partial charge in [-0.15, -0.1) is 0 Å². The first-order valence-electron chi connectivity index (χ1n) is 7.05. The minimum Gasteiger partial charge on any atom is -0.489 e. The highest BCUT2D eigenvalue weighted by atomic mass is 16.5. The predicted octanol–water partition coefficient (Wildman–Crippen LogP) is 3.65. The molecule has 0 fully saturated rings. The van der Waals surface area contributed by atoms with Crippen LogP contribution >= 0.6 is 0 Å². The standard InChI is InChI=1S/C18H20O4/c1-12-7-8-13(2)16(9-12)22-11-14-5-4-6-15(10-14)17(21-3)18(19)20/h4-10,17H,11H2,1-3H3,(H,19,20). The van der Waals surface area contributed by atoms with Crippen molar-refractivity contribution in [3.63, 3.8) is 0 Å². The Morgan fingerprint density at radius 1 is 1.18 bits per heavy atom. The third-order valence-corrected chi connectivity index (χ3v) is 3.45. The van der Waals surface area contributed by atoms with E-state index in [0.717, 1.165) is 22.4 Å². The summed E-state index contributed by atoms with van der Waals surface area (Å²) in [6, 6.07) is 13.3. The van der Waals surface area contributed by atoms with Gasteiger partial charge < -0.3 is 14.6 Å². The highest BCUT2D eigenvalue weighted by molar-refractivity contribution is 5.74. The van der Waals surface area contributed by atoms with Crippen LogP contribution in [0.5, 0.6) is 5.75 Å². The van der Waals surface area contributed by atoms with Crippen LogP contribution in [0, 0.1) is 13.8 Å². The molecule has 2 aromatic rings. The van der Waals surface area contributed by atoms with E-state index in [4.69, 9.17) is 14.6 Å². The van der Waals surface area contributed by atoms with Crippen LogP contribution in [-0.4, -0.2) is 18.2 Å². The lowest BCUT2D eigenvalue weighted by atomic mass is 10.1. The molecule has 2 rings (SSSR count). The molecule has 0 saturated carbocycles. The van der Waals surface area contributed by atoms with Crippen molar-refractivity contribution >= 4 is 5.97 Å². The van der Waals surface area contributed by atoms with Gasteiger partial charge in [-0.3, -0.25) is 0 Å². The molecule has 0 heterocycles. The topological polar surface area (TPSA) is 55.8 Å². The molecule has 1 unspecified atom stereocenters. The molecule has 22 heavy (non-hydrogen) atoms. The third kappa shape index (κ3) is 3.86. The fourth-order valence-electron chi connectivity index (χ4n) is 2.25. The average molecular weight is 300 g/mol. The molecule has 0 radical (unpaired) electrons. The van der Waals surface area contributed by atoms with Gasteiger partial charge in [0.1, 0.15) is 12.4 Å². The maximum absolute atomic E-state index is 11.1. The molecule has 1 atom stereocenters. The number of aliphatic carboxylic acids is 1. The molecule has 0 spiro atoms. The molecular formula is C18H20O4. The van der Waals surface area contributed by atoms with Gasteiger partial charge in [0.2, 0.25) is 0 Å². The fourth-order valence-corrected chi connectivity index (χ4v) is 2.25. The Balaban J connectivity index is 2.13. The number of hydrogen-bond donors (Lipinski definition) is 1. The number of rotatable bonds is 6. The lowest BCUT2D eigenvalue weighted by Crippen LogP contribution is -2.13. The maximum atomic E-state index is 11.1. The maximum Gasteiger partial charge on any atom is 0.337 e. The number of methoxy groups -OCH3 is 1. The summed E-state index contributed by atoms with van der Waals surface area (Å²) in [6.07, 6.45) is -0.958. The van der Waals surface area contributed by atoms with E-state index in [1.54, 1.807) is 12.1 Å². The molecule has 0 saturated heterocycles. The number of benzene rings is 2. The Morgan fingerprint density at radius 3 is 2.64 bits per heavy atom. The van der Waals surface area contributed by atoms with Gasteiger partial charge in [0.15, 0.2) is 6.10 Å². The van der Waals surface area contributed by atoms with Crippen molar-refractivity contribution in [2.45, 2.75) is 26.6 Å². The molecule has 4 nitrogen and oxygen atoms in total. The van der Waals surface area contributed by atoms with Gasteiger partial charge in [-0.25, -0.2) is 4.79 Å². The molecule has 0 aliphatic heterocycles. The van der Waals surface area contributed by atoms with E-state index in [1.165, 1.54) is 7.11 Å². The van der Waals surface area contributed by atoms with Crippen molar-refractivity contribution in [2.75, 3.05) is 7.11 Å². The summed E-state index contributed by atoms with van der Waals surface area (Å²) in [4.78, 5) is 11.1. The van der Waals surface area contributed by atoms with Gasteiger partial charge >= 0.3 is 5.97 Å². The number of aryl methyl sites for hydroxylation is 2. The Hall–Kier alpha value is -2.33. The summed E-state index contributed by atoms with van der Waals surface area (Å²) in [5, 5.41) is 9.14. The van der Waals surface area contributed by atoms with Crippen LogP contribution in [0.2, 0.25) is 0 Å². The highest BCUT2D eigenvalue weighted by Gasteiger charge is 2.18. The SMILES string of the molecule is COC(C(=O)O)c1cccc(COc2cc(C)ccc2C)c1. The molecule has 2 aromatic carbocycles. The number of carbonyl (C=O) groups is 1. The molecule has 0 amide bonds. The lowest BCUT2D eigenvalue weighted by molar-refractivity contribution is -0.148. The van der Waals surface area contributed by atoms with Crippen LogP contribution in [0.25, 0.3) is 0 Å². The average Bonchev–Trinajstić information content (AvgIpc) is 2.49. The highest BCUT2D eigenvalue weighted by Crippen LogP contribution is 2.22. The molecular weight excluding hydrogens is 280 g/mol. The molecule has 0 bridgehead atoms. The molecule has 0 aliphatic carbocycles. The Labute approximate surface area is 130 Å². The van der Waals surface area contributed by atoms with Crippen molar-refractivity contribution in [3.05, 3.63) is 64.7 Å².